The third-order valence-corrected chi connectivity index (χ3v) is 5.38. The fourth-order valence-corrected chi connectivity index (χ4v) is 3.79. The molecular weight excluding hydrogens is 368 g/mol. The molecule has 6 nitrogen and oxygen atoms in total. The first-order valence-electron chi connectivity index (χ1n) is 9.04. The highest BCUT2D eigenvalue weighted by Gasteiger charge is 2.49. The summed E-state index contributed by atoms with van der Waals surface area (Å²) in [6, 6.07) is 7.61. The van der Waals surface area contributed by atoms with Crippen LogP contribution in [0.5, 0.6) is 5.75 Å². The molecule has 0 aromatic heterocycles. The van der Waals surface area contributed by atoms with Crippen LogP contribution in [0.3, 0.4) is 0 Å². The topological polar surface area (TPSA) is 59.1 Å². The maximum absolute atomic E-state index is 12.5. The van der Waals surface area contributed by atoms with Gasteiger partial charge in [0.15, 0.2) is 6.10 Å². The van der Waals surface area contributed by atoms with E-state index in [-0.39, 0.29) is 17.9 Å². The average molecular weight is 393 g/mol. The van der Waals surface area contributed by atoms with Crippen molar-refractivity contribution in [1.29, 1.82) is 0 Å². The van der Waals surface area contributed by atoms with E-state index < -0.39 is 11.5 Å². The number of carbonyl (C=O) groups is 2. The van der Waals surface area contributed by atoms with Crippen molar-refractivity contribution in [2.45, 2.75) is 37.4 Å². The van der Waals surface area contributed by atoms with Crippen molar-refractivity contribution in [2.75, 3.05) is 27.3 Å². The molecule has 3 rings (SSSR count). The van der Waals surface area contributed by atoms with Gasteiger partial charge in [0.1, 0.15) is 11.1 Å². The Morgan fingerprint density at radius 2 is 2.00 bits per heavy atom. The van der Waals surface area contributed by atoms with Crippen LogP contribution >= 0.6 is 11.6 Å². The van der Waals surface area contributed by atoms with Crippen LogP contribution in [0, 0.1) is 0 Å². The predicted octanol–water partition coefficient (Wildman–Crippen LogP) is 2.21. The van der Waals surface area contributed by atoms with Gasteiger partial charge in [0.25, 0.3) is 5.91 Å². The lowest BCUT2D eigenvalue weighted by atomic mass is 9.86. The van der Waals surface area contributed by atoms with Gasteiger partial charge in [-0.05, 0) is 36.6 Å². The molecule has 2 amide bonds. The SMILES string of the molecule is COc1ccc(CN2C(=O)[C@H](OC)[C@@H]2C2=CCN(C(=O)C(C)Cl)CC2)cc1. The number of hydrogen-bond acceptors (Lipinski definition) is 4. The molecule has 27 heavy (non-hydrogen) atoms. The van der Waals surface area contributed by atoms with E-state index in [2.05, 4.69) is 0 Å². The van der Waals surface area contributed by atoms with Crippen molar-refractivity contribution in [3.63, 3.8) is 0 Å². The van der Waals surface area contributed by atoms with Crippen LogP contribution < -0.4 is 4.74 Å². The van der Waals surface area contributed by atoms with Crippen molar-refractivity contribution >= 4 is 23.4 Å². The van der Waals surface area contributed by atoms with Gasteiger partial charge in [0, 0.05) is 26.7 Å². The fraction of sp³-hybridized carbons (Fsp3) is 0.500. The van der Waals surface area contributed by atoms with Crippen molar-refractivity contribution < 1.29 is 19.1 Å². The highest BCUT2D eigenvalue weighted by atomic mass is 35.5. The molecule has 1 saturated heterocycles. The molecule has 2 aliphatic rings. The second-order valence-corrected chi connectivity index (χ2v) is 7.50. The van der Waals surface area contributed by atoms with Crippen LogP contribution in [0.2, 0.25) is 0 Å². The Balaban J connectivity index is 1.71. The van der Waals surface area contributed by atoms with Gasteiger partial charge >= 0.3 is 0 Å². The van der Waals surface area contributed by atoms with E-state index in [9.17, 15) is 9.59 Å². The summed E-state index contributed by atoms with van der Waals surface area (Å²) >= 11 is 5.91. The smallest absolute Gasteiger partial charge is 0.255 e. The van der Waals surface area contributed by atoms with E-state index in [0.717, 1.165) is 16.9 Å². The van der Waals surface area contributed by atoms with Gasteiger partial charge in [-0.1, -0.05) is 18.2 Å². The molecule has 2 aliphatic heterocycles. The largest absolute Gasteiger partial charge is 0.497 e. The minimum Gasteiger partial charge on any atom is -0.497 e. The molecule has 0 N–H and O–H groups in total. The number of benzene rings is 1. The van der Waals surface area contributed by atoms with Crippen molar-refractivity contribution in [3.05, 3.63) is 41.5 Å². The predicted molar refractivity (Wildman–Crippen MR) is 103 cm³/mol. The maximum atomic E-state index is 12.5. The van der Waals surface area contributed by atoms with Gasteiger partial charge in [0.05, 0.1) is 13.2 Å². The van der Waals surface area contributed by atoms with E-state index in [1.807, 2.05) is 35.2 Å². The zero-order valence-corrected chi connectivity index (χ0v) is 16.6. The lowest BCUT2D eigenvalue weighted by Gasteiger charge is -2.48. The first-order chi connectivity index (χ1) is 13.0. The number of alkyl halides is 1. The van der Waals surface area contributed by atoms with Gasteiger partial charge in [-0.2, -0.15) is 0 Å². The van der Waals surface area contributed by atoms with Gasteiger partial charge < -0.3 is 19.3 Å². The van der Waals surface area contributed by atoms with Crippen LogP contribution in [-0.2, 0) is 20.9 Å². The molecule has 1 aromatic rings. The molecule has 2 heterocycles. The number of methoxy groups -OCH3 is 2. The highest BCUT2D eigenvalue weighted by Crippen LogP contribution is 2.33. The van der Waals surface area contributed by atoms with E-state index in [0.29, 0.717) is 26.1 Å². The van der Waals surface area contributed by atoms with Crippen LogP contribution in [0.15, 0.2) is 35.9 Å². The first kappa shape index (κ1) is 19.7. The van der Waals surface area contributed by atoms with Gasteiger partial charge in [-0.15, -0.1) is 11.6 Å². The molecule has 7 heteroatoms. The summed E-state index contributed by atoms with van der Waals surface area (Å²) in [5.74, 6) is 0.718. The molecule has 0 aliphatic carbocycles. The van der Waals surface area contributed by atoms with E-state index in [4.69, 9.17) is 21.1 Å². The van der Waals surface area contributed by atoms with Gasteiger partial charge in [0.2, 0.25) is 5.91 Å². The second-order valence-electron chi connectivity index (χ2n) is 6.84. The second kappa shape index (κ2) is 8.31. The number of carbonyl (C=O) groups excluding carboxylic acids is 2. The molecule has 3 atom stereocenters. The van der Waals surface area contributed by atoms with Crippen LogP contribution in [-0.4, -0.2) is 66.4 Å². The standard InChI is InChI=1S/C20H25ClN2O4/c1-13(21)19(24)22-10-8-15(9-11-22)17-18(27-3)20(25)23(17)12-14-4-6-16(26-2)7-5-14/h4-8,13,17-18H,9-12H2,1-3H3/t13?,17-,18+/m0/s1. The number of β-lactam (4-membered cyclic amide) rings is 1. The Labute approximate surface area is 164 Å². The third-order valence-electron chi connectivity index (χ3n) is 5.19. The molecule has 0 spiro atoms. The van der Waals surface area contributed by atoms with E-state index in [1.165, 1.54) is 0 Å². The monoisotopic (exact) mass is 392 g/mol. The summed E-state index contributed by atoms with van der Waals surface area (Å²) in [5, 5.41) is -0.525. The summed E-state index contributed by atoms with van der Waals surface area (Å²) in [7, 11) is 3.19. The Hall–Kier alpha value is -2.05. The van der Waals surface area contributed by atoms with Crippen LogP contribution in [0.4, 0.5) is 0 Å². The Kier molecular flexibility index (Phi) is 6.07. The third kappa shape index (κ3) is 3.96. The van der Waals surface area contributed by atoms with E-state index >= 15 is 0 Å². The molecule has 1 aromatic carbocycles. The Morgan fingerprint density at radius 3 is 2.52 bits per heavy atom. The van der Waals surface area contributed by atoms with Crippen LogP contribution in [0.1, 0.15) is 18.9 Å². The first-order valence-corrected chi connectivity index (χ1v) is 9.48. The minimum atomic E-state index is -0.525. The normalized spacial score (nSPS) is 23.6. The van der Waals surface area contributed by atoms with Crippen molar-refractivity contribution in [2.24, 2.45) is 0 Å². The van der Waals surface area contributed by atoms with E-state index in [1.54, 1.807) is 26.0 Å². The van der Waals surface area contributed by atoms with Crippen molar-refractivity contribution in [3.8, 4) is 5.75 Å². The van der Waals surface area contributed by atoms with Gasteiger partial charge in [-0.25, -0.2) is 0 Å². The van der Waals surface area contributed by atoms with Crippen LogP contribution in [0.25, 0.3) is 0 Å². The number of ether oxygens (including phenoxy) is 2. The zero-order chi connectivity index (χ0) is 19.6. The summed E-state index contributed by atoms with van der Waals surface area (Å²) in [5.41, 5.74) is 2.18. The quantitative estimate of drug-likeness (QED) is 0.423. The molecule has 1 unspecified atom stereocenters. The van der Waals surface area contributed by atoms with Crippen molar-refractivity contribution in [1.82, 2.24) is 9.80 Å². The maximum Gasteiger partial charge on any atom is 0.255 e. The summed E-state index contributed by atoms with van der Waals surface area (Å²) < 4.78 is 10.6. The molecule has 0 radical (unpaired) electrons. The lowest BCUT2D eigenvalue weighted by molar-refractivity contribution is -0.168. The lowest BCUT2D eigenvalue weighted by Crippen LogP contribution is -2.66. The zero-order valence-electron chi connectivity index (χ0n) is 15.9. The Bertz CT molecular complexity index is 732. The molecule has 1 fully saturated rings. The summed E-state index contributed by atoms with van der Waals surface area (Å²) in [6.07, 6.45) is 2.29. The minimum absolute atomic E-state index is 0.00731. The number of rotatable bonds is 6. The molecule has 0 saturated carbocycles. The number of hydrogen-bond donors (Lipinski definition) is 0. The molecular formula is C20H25ClN2O4. The fourth-order valence-electron chi connectivity index (χ4n) is 3.65. The molecule has 146 valence electrons. The Morgan fingerprint density at radius 1 is 1.30 bits per heavy atom. The molecule has 0 bridgehead atoms. The highest BCUT2D eigenvalue weighted by molar-refractivity contribution is 6.30. The van der Waals surface area contributed by atoms with Gasteiger partial charge in [-0.3, -0.25) is 9.59 Å². The number of halogens is 1. The summed E-state index contributed by atoms with van der Waals surface area (Å²) in [4.78, 5) is 28.1. The number of likely N-dealkylation sites (tertiary alicyclic amines) is 1. The summed E-state index contributed by atoms with van der Waals surface area (Å²) in [6.45, 7) is 3.33. The number of nitrogens with zero attached hydrogens (tertiary/aromatic N) is 2. The number of amides is 2. The average Bonchev–Trinajstić information content (AvgIpc) is 2.70.